The lowest BCUT2D eigenvalue weighted by molar-refractivity contribution is -0.115. The Kier molecular flexibility index (Phi) is 3.40. The molecule has 5 nitrogen and oxygen atoms in total. The second-order valence-corrected chi connectivity index (χ2v) is 8.77. The van der Waals surface area contributed by atoms with Crippen molar-refractivity contribution < 1.29 is 9.59 Å². The minimum Gasteiger partial charge on any atom is -0.295 e. The zero-order valence-corrected chi connectivity index (χ0v) is 15.1. The molecule has 0 aliphatic carbocycles. The van der Waals surface area contributed by atoms with Crippen LogP contribution in [0.1, 0.15) is 34.8 Å². The molecule has 2 aliphatic heterocycles. The molecule has 1 aromatic heterocycles. The highest BCUT2D eigenvalue weighted by molar-refractivity contribution is 8.01. The van der Waals surface area contributed by atoms with E-state index < -0.39 is 17.2 Å². The van der Waals surface area contributed by atoms with Crippen LogP contribution in [0.3, 0.4) is 0 Å². The van der Waals surface area contributed by atoms with Crippen LogP contribution in [0.15, 0.2) is 28.6 Å². The standard InChI is InChI=1S/C17H15N3O2S2/c1-9-18-19-16(24-9)23-8-10-7-17(2,3)20-13-11(10)5-4-6-12(13)14(21)15(20)22/h4-7H,8H2,1-3H3. The molecule has 7 heteroatoms. The molecule has 1 amide bonds. The topological polar surface area (TPSA) is 63.2 Å². The van der Waals surface area contributed by atoms with Gasteiger partial charge in [-0.05, 0) is 32.4 Å². The largest absolute Gasteiger partial charge is 0.300 e. The van der Waals surface area contributed by atoms with E-state index in [2.05, 4.69) is 16.3 Å². The number of carbonyl (C=O) groups is 2. The normalized spacial score (nSPS) is 18.0. The van der Waals surface area contributed by atoms with Crippen LogP contribution in [0.4, 0.5) is 5.69 Å². The zero-order valence-electron chi connectivity index (χ0n) is 13.5. The summed E-state index contributed by atoms with van der Waals surface area (Å²) in [5.74, 6) is -0.128. The summed E-state index contributed by atoms with van der Waals surface area (Å²) in [5.41, 5.74) is 2.81. The molecule has 24 heavy (non-hydrogen) atoms. The van der Waals surface area contributed by atoms with Crippen LogP contribution < -0.4 is 4.90 Å². The smallest absolute Gasteiger partial charge is 0.295 e. The second kappa shape index (κ2) is 5.26. The number of thioether (sulfide) groups is 1. The average molecular weight is 357 g/mol. The van der Waals surface area contributed by atoms with Crippen molar-refractivity contribution in [2.75, 3.05) is 10.7 Å². The van der Waals surface area contributed by atoms with Crippen molar-refractivity contribution in [3.63, 3.8) is 0 Å². The van der Waals surface area contributed by atoms with Crippen molar-refractivity contribution in [2.24, 2.45) is 0 Å². The Bertz CT molecular complexity index is 914. The van der Waals surface area contributed by atoms with Crippen LogP contribution in [0.2, 0.25) is 0 Å². The maximum Gasteiger partial charge on any atom is 0.300 e. The Morgan fingerprint density at radius 2 is 1.96 bits per heavy atom. The van der Waals surface area contributed by atoms with Gasteiger partial charge in [-0.25, -0.2) is 0 Å². The molecule has 0 radical (unpaired) electrons. The van der Waals surface area contributed by atoms with E-state index in [-0.39, 0.29) is 0 Å². The predicted octanol–water partition coefficient (Wildman–Crippen LogP) is 3.34. The summed E-state index contributed by atoms with van der Waals surface area (Å²) in [6.45, 7) is 5.86. The highest BCUT2D eigenvalue weighted by Crippen LogP contribution is 2.46. The summed E-state index contributed by atoms with van der Waals surface area (Å²) in [6.07, 6.45) is 2.08. The van der Waals surface area contributed by atoms with Crippen molar-refractivity contribution in [3.8, 4) is 0 Å². The number of hydrogen-bond donors (Lipinski definition) is 0. The van der Waals surface area contributed by atoms with Crippen LogP contribution in [-0.4, -0.2) is 33.2 Å². The van der Waals surface area contributed by atoms with E-state index in [1.807, 2.05) is 32.9 Å². The van der Waals surface area contributed by atoms with Crippen LogP contribution in [0.25, 0.3) is 5.57 Å². The fraction of sp³-hybridized carbons (Fsp3) is 0.294. The minimum atomic E-state index is -0.528. The van der Waals surface area contributed by atoms with Crippen LogP contribution in [0, 0.1) is 6.92 Å². The average Bonchev–Trinajstić information content (AvgIpc) is 3.06. The van der Waals surface area contributed by atoms with Gasteiger partial charge in [-0.3, -0.25) is 14.5 Å². The summed E-state index contributed by atoms with van der Waals surface area (Å²) in [5, 5.41) is 9.13. The molecule has 0 unspecified atom stereocenters. The van der Waals surface area contributed by atoms with Gasteiger partial charge in [0.25, 0.3) is 11.7 Å². The third-order valence-electron chi connectivity index (χ3n) is 4.21. The molecule has 0 saturated carbocycles. The molecule has 0 fully saturated rings. The lowest BCUT2D eigenvalue weighted by atomic mass is 9.89. The third kappa shape index (κ3) is 2.22. The maximum atomic E-state index is 12.4. The van der Waals surface area contributed by atoms with Gasteiger partial charge in [0, 0.05) is 11.3 Å². The zero-order chi connectivity index (χ0) is 17.1. The quantitative estimate of drug-likeness (QED) is 0.623. The first-order valence-corrected chi connectivity index (χ1v) is 9.35. The lowest BCUT2D eigenvalue weighted by Gasteiger charge is -2.38. The van der Waals surface area contributed by atoms with Crippen molar-refractivity contribution >= 4 is 46.0 Å². The first kappa shape index (κ1) is 15.5. The number of anilines is 1. The van der Waals surface area contributed by atoms with Crippen molar-refractivity contribution in [1.29, 1.82) is 0 Å². The number of hydrogen-bond acceptors (Lipinski definition) is 6. The number of carbonyl (C=O) groups excluding carboxylic acids is 2. The number of Topliss-reactive ketones (excluding diaryl/α,β-unsaturated/α-hetero) is 1. The number of nitrogens with zero attached hydrogens (tertiary/aromatic N) is 3. The summed E-state index contributed by atoms with van der Waals surface area (Å²) in [6, 6.07) is 5.55. The molecule has 0 spiro atoms. The first-order valence-electron chi connectivity index (χ1n) is 7.55. The van der Waals surface area contributed by atoms with Gasteiger partial charge in [-0.1, -0.05) is 41.3 Å². The van der Waals surface area contributed by atoms with E-state index in [1.54, 1.807) is 34.1 Å². The van der Waals surface area contributed by atoms with E-state index in [1.165, 1.54) is 0 Å². The number of amides is 1. The van der Waals surface area contributed by atoms with E-state index in [9.17, 15) is 9.59 Å². The SMILES string of the molecule is Cc1nnc(SCC2=CC(C)(C)N3C(=O)C(=O)c4cccc2c43)s1. The summed E-state index contributed by atoms with van der Waals surface area (Å²) < 4.78 is 0.924. The molecule has 0 saturated heterocycles. The molecular weight excluding hydrogens is 342 g/mol. The van der Waals surface area contributed by atoms with Crippen molar-refractivity contribution in [1.82, 2.24) is 10.2 Å². The summed E-state index contributed by atoms with van der Waals surface area (Å²) >= 11 is 3.20. The van der Waals surface area contributed by atoms with E-state index >= 15 is 0 Å². The van der Waals surface area contributed by atoms with Gasteiger partial charge in [0.15, 0.2) is 4.34 Å². The number of aromatic nitrogens is 2. The number of ketones is 1. The first-order chi connectivity index (χ1) is 11.4. The monoisotopic (exact) mass is 357 g/mol. The van der Waals surface area contributed by atoms with Gasteiger partial charge < -0.3 is 0 Å². The summed E-state index contributed by atoms with van der Waals surface area (Å²) in [7, 11) is 0. The molecule has 2 aliphatic rings. The third-order valence-corrected chi connectivity index (χ3v) is 6.23. The molecule has 1 aromatic carbocycles. The molecule has 0 atom stereocenters. The molecule has 0 N–H and O–H groups in total. The number of rotatable bonds is 3. The van der Waals surface area contributed by atoms with Gasteiger partial charge in [0.2, 0.25) is 0 Å². The molecular formula is C17H15N3O2S2. The van der Waals surface area contributed by atoms with Crippen molar-refractivity contribution in [2.45, 2.75) is 30.6 Å². The van der Waals surface area contributed by atoms with Gasteiger partial charge in [-0.2, -0.15) is 0 Å². The van der Waals surface area contributed by atoms with Gasteiger partial charge in [0.05, 0.1) is 16.8 Å². The summed E-state index contributed by atoms with van der Waals surface area (Å²) in [4.78, 5) is 26.3. The lowest BCUT2D eigenvalue weighted by Crippen LogP contribution is -2.47. The molecule has 122 valence electrons. The van der Waals surface area contributed by atoms with Crippen LogP contribution in [-0.2, 0) is 4.79 Å². The predicted molar refractivity (Wildman–Crippen MR) is 95.7 cm³/mol. The minimum absolute atomic E-state index is 0.415. The second-order valence-electron chi connectivity index (χ2n) is 6.37. The highest BCUT2D eigenvalue weighted by atomic mass is 32.2. The fourth-order valence-corrected chi connectivity index (χ4v) is 5.07. The van der Waals surface area contributed by atoms with E-state index in [4.69, 9.17) is 0 Å². The van der Waals surface area contributed by atoms with Crippen LogP contribution in [0.5, 0.6) is 0 Å². The highest BCUT2D eigenvalue weighted by Gasteiger charge is 2.46. The Hall–Kier alpha value is -1.99. The molecule has 2 aromatic rings. The van der Waals surface area contributed by atoms with Crippen LogP contribution >= 0.6 is 23.1 Å². The van der Waals surface area contributed by atoms with Gasteiger partial charge >= 0.3 is 0 Å². The number of aryl methyl sites for hydroxylation is 1. The Labute approximate surface area is 147 Å². The molecule has 0 bridgehead atoms. The maximum absolute atomic E-state index is 12.4. The Morgan fingerprint density at radius 3 is 2.67 bits per heavy atom. The Balaban J connectivity index is 1.76. The van der Waals surface area contributed by atoms with E-state index in [0.29, 0.717) is 5.56 Å². The van der Waals surface area contributed by atoms with Gasteiger partial charge in [-0.15, -0.1) is 10.2 Å². The fourth-order valence-electron chi connectivity index (χ4n) is 3.26. The van der Waals surface area contributed by atoms with Gasteiger partial charge in [0.1, 0.15) is 5.01 Å². The molecule has 4 rings (SSSR count). The van der Waals surface area contributed by atoms with Crippen molar-refractivity contribution in [3.05, 3.63) is 40.4 Å². The number of para-hydroxylation sites is 1. The Morgan fingerprint density at radius 1 is 1.21 bits per heavy atom. The van der Waals surface area contributed by atoms with E-state index in [0.717, 1.165) is 31.9 Å². The number of benzene rings is 1. The molecule has 3 heterocycles.